The monoisotopic (exact) mass is 244 g/mol. The van der Waals surface area contributed by atoms with E-state index in [-0.39, 0.29) is 17.8 Å². The van der Waals surface area contributed by atoms with Gasteiger partial charge in [-0.3, -0.25) is 4.79 Å². The molecule has 1 aromatic heterocycles. The largest absolute Gasteiger partial charge is 0.354 e. The lowest BCUT2D eigenvalue weighted by atomic mass is 10.2. The van der Waals surface area contributed by atoms with Crippen LogP contribution >= 0.6 is 11.6 Å². The summed E-state index contributed by atoms with van der Waals surface area (Å²) in [5.74, 6) is 1.25. The van der Waals surface area contributed by atoms with Gasteiger partial charge in [-0.1, -0.05) is 13.8 Å². The van der Waals surface area contributed by atoms with Crippen LogP contribution in [-0.4, -0.2) is 27.2 Å². The molecule has 0 aromatic carbocycles. The smallest absolute Gasteiger partial charge is 0.242 e. The van der Waals surface area contributed by atoms with Crippen LogP contribution in [0.2, 0.25) is 0 Å². The van der Waals surface area contributed by atoms with E-state index < -0.39 is 0 Å². The average molecular weight is 245 g/mol. The Bertz CT molecular complexity index is 350. The number of carbonyl (C=O) groups is 1. The number of halogens is 1. The first-order valence-electron chi connectivity index (χ1n) is 5.28. The SMILES string of the molecule is CC(C)CNC(=O)C(C)n1cnnc1CCl. The van der Waals surface area contributed by atoms with Crippen molar-refractivity contribution in [1.29, 1.82) is 0 Å². The highest BCUT2D eigenvalue weighted by atomic mass is 35.5. The van der Waals surface area contributed by atoms with E-state index in [4.69, 9.17) is 11.6 Å². The lowest BCUT2D eigenvalue weighted by Gasteiger charge is -2.15. The molecule has 0 aliphatic heterocycles. The molecule has 0 aliphatic rings. The summed E-state index contributed by atoms with van der Waals surface area (Å²) >= 11 is 5.69. The summed E-state index contributed by atoms with van der Waals surface area (Å²) in [6.07, 6.45) is 1.53. The second-order valence-corrected chi connectivity index (χ2v) is 4.37. The number of hydrogen-bond donors (Lipinski definition) is 1. The molecule has 1 amide bonds. The molecule has 0 fully saturated rings. The van der Waals surface area contributed by atoms with E-state index in [1.54, 1.807) is 11.5 Å². The molecule has 0 bridgehead atoms. The maximum atomic E-state index is 11.8. The summed E-state index contributed by atoms with van der Waals surface area (Å²) in [5.41, 5.74) is 0. The van der Waals surface area contributed by atoms with E-state index in [2.05, 4.69) is 15.5 Å². The number of aromatic nitrogens is 3. The quantitative estimate of drug-likeness (QED) is 0.796. The fourth-order valence-corrected chi connectivity index (χ4v) is 1.46. The second-order valence-electron chi connectivity index (χ2n) is 4.10. The molecule has 0 saturated heterocycles. The van der Waals surface area contributed by atoms with Gasteiger partial charge in [0.25, 0.3) is 0 Å². The van der Waals surface area contributed by atoms with E-state index in [0.29, 0.717) is 18.3 Å². The van der Waals surface area contributed by atoms with Gasteiger partial charge in [-0.2, -0.15) is 0 Å². The Morgan fingerprint density at radius 1 is 1.56 bits per heavy atom. The summed E-state index contributed by atoms with van der Waals surface area (Å²) in [6.45, 7) is 6.57. The minimum Gasteiger partial charge on any atom is -0.354 e. The maximum absolute atomic E-state index is 11.8. The molecule has 0 spiro atoms. The molecule has 1 unspecified atom stereocenters. The fourth-order valence-electron chi connectivity index (χ4n) is 1.26. The predicted octanol–water partition coefficient (Wildman–Crippen LogP) is 1.35. The summed E-state index contributed by atoms with van der Waals surface area (Å²) in [6, 6.07) is -0.331. The Hall–Kier alpha value is -1.10. The number of carbonyl (C=O) groups excluding carboxylic acids is 1. The van der Waals surface area contributed by atoms with Crippen molar-refractivity contribution in [1.82, 2.24) is 20.1 Å². The molecule has 16 heavy (non-hydrogen) atoms. The number of amides is 1. The van der Waals surface area contributed by atoms with Gasteiger partial charge in [0.1, 0.15) is 18.2 Å². The van der Waals surface area contributed by atoms with Crippen molar-refractivity contribution >= 4 is 17.5 Å². The van der Waals surface area contributed by atoms with Gasteiger partial charge in [-0.25, -0.2) is 0 Å². The number of nitrogens with zero attached hydrogens (tertiary/aromatic N) is 3. The van der Waals surface area contributed by atoms with Crippen molar-refractivity contribution in [2.75, 3.05) is 6.54 Å². The average Bonchev–Trinajstić information content (AvgIpc) is 2.72. The van der Waals surface area contributed by atoms with E-state index >= 15 is 0 Å². The standard InChI is InChI=1S/C10H17ClN4O/c1-7(2)5-12-10(16)8(3)15-6-13-14-9(15)4-11/h6-8H,4-5H2,1-3H3,(H,12,16). The molecule has 0 saturated carbocycles. The molecule has 1 heterocycles. The fraction of sp³-hybridized carbons (Fsp3) is 0.700. The van der Waals surface area contributed by atoms with Gasteiger partial charge in [0.05, 0.1) is 5.88 Å². The Kier molecular flexibility index (Phi) is 4.73. The van der Waals surface area contributed by atoms with Crippen LogP contribution in [0, 0.1) is 5.92 Å². The van der Waals surface area contributed by atoms with Crippen molar-refractivity contribution in [2.45, 2.75) is 32.7 Å². The molecular weight excluding hydrogens is 228 g/mol. The van der Waals surface area contributed by atoms with Gasteiger partial charge < -0.3 is 9.88 Å². The van der Waals surface area contributed by atoms with Crippen LogP contribution in [-0.2, 0) is 10.7 Å². The van der Waals surface area contributed by atoms with Gasteiger partial charge in [0.2, 0.25) is 5.91 Å². The molecule has 90 valence electrons. The second kappa shape index (κ2) is 5.84. The first-order chi connectivity index (χ1) is 7.56. The molecule has 1 atom stereocenters. The summed E-state index contributed by atoms with van der Waals surface area (Å²) < 4.78 is 1.68. The van der Waals surface area contributed by atoms with Crippen LogP contribution in [0.4, 0.5) is 0 Å². The zero-order chi connectivity index (χ0) is 12.1. The van der Waals surface area contributed by atoms with Crippen molar-refractivity contribution in [3.05, 3.63) is 12.2 Å². The topological polar surface area (TPSA) is 59.8 Å². The summed E-state index contributed by atoms with van der Waals surface area (Å²) in [4.78, 5) is 11.8. The number of hydrogen-bond acceptors (Lipinski definition) is 3. The lowest BCUT2D eigenvalue weighted by molar-refractivity contribution is -0.124. The normalized spacial score (nSPS) is 12.8. The predicted molar refractivity (Wildman–Crippen MR) is 62.1 cm³/mol. The van der Waals surface area contributed by atoms with Gasteiger partial charge in [0, 0.05) is 6.54 Å². The lowest BCUT2D eigenvalue weighted by Crippen LogP contribution is -2.33. The zero-order valence-electron chi connectivity index (χ0n) is 9.77. The molecule has 0 aliphatic carbocycles. The minimum atomic E-state index is -0.331. The van der Waals surface area contributed by atoms with E-state index in [1.165, 1.54) is 6.33 Å². The molecule has 5 nitrogen and oxygen atoms in total. The highest BCUT2D eigenvalue weighted by molar-refractivity contribution is 6.16. The van der Waals surface area contributed by atoms with Gasteiger partial charge in [-0.05, 0) is 12.8 Å². The Balaban J connectivity index is 2.63. The van der Waals surface area contributed by atoms with Crippen LogP contribution < -0.4 is 5.32 Å². The van der Waals surface area contributed by atoms with Crippen molar-refractivity contribution < 1.29 is 4.79 Å². The number of alkyl halides is 1. The first-order valence-corrected chi connectivity index (χ1v) is 5.81. The van der Waals surface area contributed by atoms with E-state index in [9.17, 15) is 4.79 Å². The van der Waals surface area contributed by atoms with Gasteiger partial charge in [0.15, 0.2) is 0 Å². The third-order valence-corrected chi connectivity index (χ3v) is 2.49. The molecule has 1 aromatic rings. The highest BCUT2D eigenvalue weighted by Crippen LogP contribution is 2.09. The molecule has 1 N–H and O–H groups in total. The Morgan fingerprint density at radius 2 is 2.25 bits per heavy atom. The number of rotatable bonds is 5. The Morgan fingerprint density at radius 3 is 2.81 bits per heavy atom. The molecule has 6 heteroatoms. The molecule has 0 radical (unpaired) electrons. The van der Waals surface area contributed by atoms with Crippen molar-refractivity contribution in [3.63, 3.8) is 0 Å². The minimum absolute atomic E-state index is 0.0418. The Labute approximate surface area is 100 Å². The van der Waals surface area contributed by atoms with Gasteiger partial charge in [-0.15, -0.1) is 21.8 Å². The summed E-state index contributed by atoms with van der Waals surface area (Å²) in [5, 5.41) is 10.4. The summed E-state index contributed by atoms with van der Waals surface area (Å²) in [7, 11) is 0. The first kappa shape index (κ1) is 13.0. The van der Waals surface area contributed by atoms with Crippen molar-refractivity contribution in [3.8, 4) is 0 Å². The van der Waals surface area contributed by atoms with Crippen LogP contribution in [0.25, 0.3) is 0 Å². The van der Waals surface area contributed by atoms with Crippen LogP contribution in [0.3, 0.4) is 0 Å². The third kappa shape index (κ3) is 3.20. The van der Waals surface area contributed by atoms with Crippen molar-refractivity contribution in [2.24, 2.45) is 5.92 Å². The molecule has 1 rings (SSSR count). The van der Waals surface area contributed by atoms with E-state index in [1.807, 2.05) is 13.8 Å². The highest BCUT2D eigenvalue weighted by Gasteiger charge is 2.17. The van der Waals surface area contributed by atoms with Gasteiger partial charge >= 0.3 is 0 Å². The van der Waals surface area contributed by atoms with Crippen LogP contribution in [0.15, 0.2) is 6.33 Å². The third-order valence-electron chi connectivity index (χ3n) is 2.25. The van der Waals surface area contributed by atoms with Crippen LogP contribution in [0.1, 0.15) is 32.6 Å². The molecular formula is C10H17ClN4O. The van der Waals surface area contributed by atoms with E-state index in [0.717, 1.165) is 0 Å². The van der Waals surface area contributed by atoms with Crippen LogP contribution in [0.5, 0.6) is 0 Å². The maximum Gasteiger partial charge on any atom is 0.242 e. The number of nitrogens with one attached hydrogen (secondary N) is 1. The zero-order valence-corrected chi connectivity index (χ0v) is 10.5.